The standard InChI is InChI=1S/C27H27BrN2O6S/c1-5-34-19-11-9-8-10-17(19)23-22(26(33)36-7-3)15(4)29-27-30(23)25(32)21(37-27)14-16-12-18(28)24(31)20(13-16)35-6-2/h8-14,23,31H,5-7H2,1-4H3/b21-14+. The monoisotopic (exact) mass is 586 g/mol. The van der Waals surface area contributed by atoms with Crippen LogP contribution in [0.2, 0.25) is 0 Å². The summed E-state index contributed by atoms with van der Waals surface area (Å²) in [6, 6.07) is 9.94. The minimum atomic E-state index is -0.772. The van der Waals surface area contributed by atoms with E-state index in [0.717, 1.165) is 0 Å². The van der Waals surface area contributed by atoms with Gasteiger partial charge in [0.1, 0.15) is 11.8 Å². The number of aromatic nitrogens is 1. The second-order valence-corrected chi connectivity index (χ2v) is 9.92. The highest BCUT2D eigenvalue weighted by Crippen LogP contribution is 2.37. The first-order valence-electron chi connectivity index (χ1n) is 11.9. The number of para-hydroxylation sites is 1. The highest BCUT2D eigenvalue weighted by molar-refractivity contribution is 9.10. The van der Waals surface area contributed by atoms with Crippen LogP contribution in [-0.4, -0.2) is 35.5 Å². The molecule has 0 aliphatic carbocycles. The van der Waals surface area contributed by atoms with E-state index >= 15 is 0 Å². The van der Waals surface area contributed by atoms with Crippen LogP contribution in [0.3, 0.4) is 0 Å². The van der Waals surface area contributed by atoms with Gasteiger partial charge in [0.2, 0.25) is 0 Å². The molecule has 1 N–H and O–H groups in total. The Morgan fingerprint density at radius 2 is 1.84 bits per heavy atom. The van der Waals surface area contributed by atoms with Crippen LogP contribution in [0.15, 0.2) is 61.9 Å². The van der Waals surface area contributed by atoms with Crippen LogP contribution in [0.1, 0.15) is 44.9 Å². The molecular formula is C27H27BrN2O6S. The molecule has 1 aliphatic heterocycles. The van der Waals surface area contributed by atoms with Crippen LogP contribution in [0.4, 0.5) is 0 Å². The van der Waals surface area contributed by atoms with Gasteiger partial charge in [0, 0.05) is 5.56 Å². The van der Waals surface area contributed by atoms with E-state index in [4.69, 9.17) is 14.2 Å². The van der Waals surface area contributed by atoms with Crippen molar-refractivity contribution < 1.29 is 24.1 Å². The molecular weight excluding hydrogens is 560 g/mol. The number of aromatic hydroxyl groups is 1. The fourth-order valence-electron chi connectivity index (χ4n) is 4.17. The quantitative estimate of drug-likeness (QED) is 0.399. The van der Waals surface area contributed by atoms with Gasteiger partial charge in [-0.2, -0.15) is 0 Å². The van der Waals surface area contributed by atoms with Crippen molar-refractivity contribution in [3.05, 3.63) is 83.0 Å². The molecule has 0 amide bonds. The van der Waals surface area contributed by atoms with Gasteiger partial charge in [-0.1, -0.05) is 29.5 Å². The van der Waals surface area contributed by atoms with Gasteiger partial charge >= 0.3 is 5.97 Å². The second-order valence-electron chi connectivity index (χ2n) is 8.06. The lowest BCUT2D eigenvalue weighted by molar-refractivity contribution is -0.139. The molecule has 8 nitrogen and oxygen atoms in total. The van der Waals surface area contributed by atoms with Gasteiger partial charge in [-0.05, 0) is 73.5 Å². The number of benzene rings is 2. The van der Waals surface area contributed by atoms with Crippen molar-refractivity contribution in [2.75, 3.05) is 19.8 Å². The van der Waals surface area contributed by atoms with Crippen LogP contribution in [0, 0.1) is 0 Å². The summed E-state index contributed by atoms with van der Waals surface area (Å²) in [5.41, 5.74) is 1.79. The van der Waals surface area contributed by atoms with Crippen molar-refractivity contribution in [1.29, 1.82) is 0 Å². The Bertz CT molecular complexity index is 1560. The number of phenolic OH excluding ortho intramolecular Hbond substituents is 1. The van der Waals surface area contributed by atoms with Crippen molar-refractivity contribution in [2.45, 2.75) is 33.7 Å². The number of nitrogens with zero attached hydrogens (tertiary/aromatic N) is 2. The van der Waals surface area contributed by atoms with Crippen molar-refractivity contribution in [1.82, 2.24) is 4.57 Å². The largest absolute Gasteiger partial charge is 0.503 e. The number of ether oxygens (including phenoxy) is 3. The molecule has 1 atom stereocenters. The Labute approximate surface area is 226 Å². The summed E-state index contributed by atoms with van der Waals surface area (Å²) >= 11 is 4.56. The zero-order valence-electron chi connectivity index (χ0n) is 20.9. The van der Waals surface area contributed by atoms with Crippen molar-refractivity contribution in [3.63, 3.8) is 0 Å². The number of rotatable bonds is 8. The van der Waals surface area contributed by atoms with Gasteiger partial charge in [0.05, 0.1) is 40.1 Å². The van der Waals surface area contributed by atoms with Gasteiger partial charge in [0.25, 0.3) is 5.56 Å². The van der Waals surface area contributed by atoms with E-state index in [0.29, 0.717) is 60.9 Å². The van der Waals surface area contributed by atoms with E-state index in [2.05, 4.69) is 20.9 Å². The summed E-state index contributed by atoms with van der Waals surface area (Å²) in [7, 11) is 0. The maximum Gasteiger partial charge on any atom is 0.338 e. The molecule has 1 unspecified atom stereocenters. The fourth-order valence-corrected chi connectivity index (χ4v) is 5.68. The van der Waals surface area contributed by atoms with Crippen LogP contribution in [-0.2, 0) is 9.53 Å². The molecule has 4 rings (SSSR count). The first kappa shape index (κ1) is 26.7. The smallest absolute Gasteiger partial charge is 0.338 e. The van der Waals surface area contributed by atoms with Crippen molar-refractivity contribution >= 4 is 39.3 Å². The molecule has 2 heterocycles. The summed E-state index contributed by atoms with van der Waals surface area (Å²) < 4.78 is 19.1. The number of carbonyl (C=O) groups excluding carboxylic acids is 1. The molecule has 10 heteroatoms. The van der Waals surface area contributed by atoms with Gasteiger partial charge in [-0.15, -0.1) is 0 Å². The van der Waals surface area contributed by atoms with E-state index in [-0.39, 0.29) is 17.9 Å². The van der Waals surface area contributed by atoms with E-state index in [9.17, 15) is 14.7 Å². The number of halogens is 1. The van der Waals surface area contributed by atoms with E-state index in [1.54, 1.807) is 32.1 Å². The van der Waals surface area contributed by atoms with E-state index < -0.39 is 12.0 Å². The third-order valence-electron chi connectivity index (χ3n) is 5.68. The zero-order valence-corrected chi connectivity index (χ0v) is 23.3. The minimum absolute atomic E-state index is 0.0114. The van der Waals surface area contributed by atoms with Crippen molar-refractivity contribution in [2.24, 2.45) is 4.99 Å². The summed E-state index contributed by atoms with van der Waals surface area (Å²) in [6.07, 6.45) is 1.71. The zero-order chi connectivity index (χ0) is 26.7. The first-order chi connectivity index (χ1) is 17.8. The number of carbonyl (C=O) groups is 1. The Hall–Kier alpha value is -3.37. The number of allylic oxidation sites excluding steroid dienone is 1. The lowest BCUT2D eigenvalue weighted by atomic mass is 9.95. The first-order valence-corrected chi connectivity index (χ1v) is 13.5. The SMILES string of the molecule is CCOC(=O)C1=C(C)N=c2s/c(=C/c3cc(Br)c(O)c(OCC)c3)c(=O)n2C1c1ccccc1OCC. The molecule has 0 bridgehead atoms. The fraction of sp³-hybridized carbons (Fsp3) is 0.296. The molecule has 0 spiro atoms. The summed E-state index contributed by atoms with van der Waals surface area (Å²) in [5, 5.41) is 10.3. The molecule has 37 heavy (non-hydrogen) atoms. The number of phenols is 1. The van der Waals surface area contributed by atoms with Gasteiger partial charge in [0.15, 0.2) is 16.3 Å². The van der Waals surface area contributed by atoms with Crippen LogP contribution >= 0.6 is 27.3 Å². The van der Waals surface area contributed by atoms with Gasteiger partial charge < -0.3 is 19.3 Å². The highest BCUT2D eigenvalue weighted by Gasteiger charge is 2.35. The predicted octanol–water partition coefficient (Wildman–Crippen LogP) is 4.06. The van der Waals surface area contributed by atoms with Crippen LogP contribution in [0.5, 0.6) is 17.2 Å². The molecule has 194 valence electrons. The maximum atomic E-state index is 13.8. The predicted molar refractivity (Wildman–Crippen MR) is 145 cm³/mol. The van der Waals surface area contributed by atoms with Gasteiger partial charge in [-0.25, -0.2) is 9.79 Å². The number of esters is 1. The molecule has 2 aromatic carbocycles. The molecule has 0 radical (unpaired) electrons. The van der Waals surface area contributed by atoms with Gasteiger partial charge in [-0.3, -0.25) is 9.36 Å². The molecule has 0 saturated heterocycles. The summed E-state index contributed by atoms with van der Waals surface area (Å²) in [5.74, 6) is 0.339. The molecule has 0 fully saturated rings. The Morgan fingerprint density at radius 3 is 2.54 bits per heavy atom. The molecule has 1 aromatic heterocycles. The third kappa shape index (κ3) is 5.21. The number of fused-ring (bicyclic) bond motifs is 1. The summed E-state index contributed by atoms with van der Waals surface area (Å²) in [4.78, 5) is 32.0. The number of thiazole rings is 1. The van der Waals surface area contributed by atoms with E-state index in [1.807, 2.05) is 38.1 Å². The Kier molecular flexibility index (Phi) is 8.19. The normalized spacial score (nSPS) is 15.3. The number of hydrogen-bond acceptors (Lipinski definition) is 8. The van der Waals surface area contributed by atoms with Crippen molar-refractivity contribution in [3.8, 4) is 17.2 Å². The molecule has 1 aliphatic rings. The second kappa shape index (κ2) is 11.4. The minimum Gasteiger partial charge on any atom is -0.503 e. The number of hydrogen-bond donors (Lipinski definition) is 1. The third-order valence-corrected chi connectivity index (χ3v) is 7.27. The lowest BCUT2D eigenvalue weighted by Gasteiger charge is -2.26. The average Bonchev–Trinajstić information content (AvgIpc) is 3.16. The molecule has 3 aromatic rings. The molecule has 0 saturated carbocycles. The van der Waals surface area contributed by atoms with Crippen LogP contribution < -0.4 is 24.4 Å². The van der Waals surface area contributed by atoms with Crippen LogP contribution in [0.25, 0.3) is 6.08 Å². The summed E-state index contributed by atoms with van der Waals surface area (Å²) in [6.45, 7) is 8.17. The maximum absolute atomic E-state index is 13.8. The topological polar surface area (TPSA) is 99.4 Å². The highest BCUT2D eigenvalue weighted by atomic mass is 79.9. The average molecular weight is 587 g/mol. The Balaban J connectivity index is 1.97. The Morgan fingerprint density at radius 1 is 1.14 bits per heavy atom. The lowest BCUT2D eigenvalue weighted by Crippen LogP contribution is -2.40. The van der Waals surface area contributed by atoms with E-state index in [1.165, 1.54) is 15.9 Å².